The minimum absolute atomic E-state index is 0.152. The minimum atomic E-state index is -4.54. The van der Waals surface area contributed by atoms with E-state index in [-0.39, 0.29) is 23.2 Å². The van der Waals surface area contributed by atoms with Crippen LogP contribution in [0, 0.1) is 6.92 Å². The Morgan fingerprint density at radius 1 is 1.12 bits per heavy atom. The number of hydrogen-bond acceptors (Lipinski definition) is 5. The molecule has 2 aromatic heterocycles. The molecule has 3 aromatic rings. The number of likely N-dealkylation sites (tertiary alicyclic amines) is 1. The molecule has 0 unspecified atom stereocenters. The summed E-state index contributed by atoms with van der Waals surface area (Å²) in [6.45, 7) is 3.37. The quantitative estimate of drug-likeness (QED) is 0.598. The number of amides is 1. The van der Waals surface area contributed by atoms with E-state index in [0.29, 0.717) is 49.1 Å². The molecule has 4 heterocycles. The van der Waals surface area contributed by atoms with Crippen LogP contribution >= 0.6 is 0 Å². The minimum Gasteiger partial charge on any atom is -0.486 e. The van der Waals surface area contributed by atoms with Gasteiger partial charge in [-0.25, -0.2) is 9.50 Å². The molecule has 0 aliphatic carbocycles. The van der Waals surface area contributed by atoms with Crippen molar-refractivity contribution in [2.75, 3.05) is 26.3 Å². The van der Waals surface area contributed by atoms with Gasteiger partial charge in [0.1, 0.15) is 18.9 Å². The highest BCUT2D eigenvalue weighted by Gasteiger charge is 2.36. The Morgan fingerprint density at radius 2 is 1.91 bits per heavy atom. The fraction of sp³-hybridized carbons (Fsp3) is 0.409. The zero-order valence-corrected chi connectivity index (χ0v) is 17.4. The molecular formula is C22H21F3N4O3. The van der Waals surface area contributed by atoms with E-state index in [1.54, 1.807) is 29.2 Å². The molecule has 1 atom stereocenters. The van der Waals surface area contributed by atoms with Gasteiger partial charge in [0.15, 0.2) is 17.1 Å². The Bertz CT molecular complexity index is 1190. The summed E-state index contributed by atoms with van der Waals surface area (Å²) in [5, 5.41) is 4.23. The lowest BCUT2D eigenvalue weighted by Gasteiger charge is -2.32. The van der Waals surface area contributed by atoms with E-state index in [9.17, 15) is 18.0 Å². The lowest BCUT2D eigenvalue weighted by Crippen LogP contribution is -2.39. The van der Waals surface area contributed by atoms with Crippen molar-refractivity contribution in [2.24, 2.45) is 0 Å². The molecule has 7 nitrogen and oxygen atoms in total. The molecular weight excluding hydrogens is 425 g/mol. The molecule has 2 aliphatic heterocycles. The molecule has 10 heteroatoms. The first kappa shape index (κ1) is 20.6. The summed E-state index contributed by atoms with van der Waals surface area (Å²) in [5.74, 6) is 0.822. The Morgan fingerprint density at radius 3 is 2.69 bits per heavy atom. The second-order valence-corrected chi connectivity index (χ2v) is 8.07. The summed E-state index contributed by atoms with van der Waals surface area (Å²) in [5.41, 5.74) is 0.569. The van der Waals surface area contributed by atoms with Crippen LogP contribution in [0.3, 0.4) is 0 Å². The standard InChI is InChI=1S/C22H21F3N4O3/c1-13-9-19(22(23,24)25)29-20(26-13)11-16(27-29)15-3-2-6-28(12-15)21(30)14-4-5-17-18(10-14)32-8-7-31-17/h4-5,9-11,15H,2-3,6-8,12H2,1H3/t15-/m1/s1. The van der Waals surface area contributed by atoms with E-state index in [1.165, 1.54) is 6.92 Å². The van der Waals surface area contributed by atoms with Crippen LogP contribution < -0.4 is 9.47 Å². The van der Waals surface area contributed by atoms with Crippen LogP contribution in [0.4, 0.5) is 13.2 Å². The number of benzene rings is 1. The van der Waals surface area contributed by atoms with Gasteiger partial charge in [-0.2, -0.15) is 18.3 Å². The highest BCUT2D eigenvalue weighted by atomic mass is 19.4. The van der Waals surface area contributed by atoms with Crippen LogP contribution in [0.25, 0.3) is 5.65 Å². The normalized spacial score (nSPS) is 18.8. The zero-order chi connectivity index (χ0) is 22.5. The van der Waals surface area contributed by atoms with Crippen molar-refractivity contribution >= 4 is 11.6 Å². The maximum absolute atomic E-state index is 13.5. The third-order valence-electron chi connectivity index (χ3n) is 5.78. The van der Waals surface area contributed by atoms with Gasteiger partial charge in [-0.1, -0.05) is 0 Å². The van der Waals surface area contributed by atoms with Crippen molar-refractivity contribution in [1.29, 1.82) is 0 Å². The first-order valence-electron chi connectivity index (χ1n) is 10.4. The number of rotatable bonds is 2. The van der Waals surface area contributed by atoms with Crippen LogP contribution in [0.1, 0.15) is 46.2 Å². The first-order chi connectivity index (χ1) is 15.3. The SMILES string of the molecule is Cc1cc(C(F)(F)F)n2nc([C@@H]3CCCN(C(=O)c4ccc5c(c4)OCCO5)C3)cc2n1. The lowest BCUT2D eigenvalue weighted by molar-refractivity contribution is -0.142. The molecule has 1 saturated heterocycles. The van der Waals surface area contributed by atoms with Gasteiger partial charge in [0.25, 0.3) is 5.91 Å². The van der Waals surface area contributed by atoms with Gasteiger partial charge in [0, 0.05) is 36.3 Å². The molecule has 1 amide bonds. The van der Waals surface area contributed by atoms with E-state index in [2.05, 4.69) is 10.1 Å². The number of nitrogens with zero attached hydrogens (tertiary/aromatic N) is 4. The number of carbonyl (C=O) groups is 1. The highest BCUT2D eigenvalue weighted by molar-refractivity contribution is 5.95. The summed E-state index contributed by atoms with van der Waals surface area (Å²) < 4.78 is 52.3. The van der Waals surface area contributed by atoms with Crippen molar-refractivity contribution in [3.8, 4) is 11.5 Å². The Labute approximate surface area is 181 Å². The molecule has 1 fully saturated rings. The van der Waals surface area contributed by atoms with Gasteiger partial charge in [0.05, 0.1) is 5.69 Å². The van der Waals surface area contributed by atoms with Crippen molar-refractivity contribution in [2.45, 2.75) is 31.9 Å². The zero-order valence-electron chi connectivity index (χ0n) is 17.4. The number of carbonyl (C=O) groups excluding carboxylic acids is 1. The Hall–Kier alpha value is -3.30. The maximum atomic E-state index is 13.5. The first-order valence-corrected chi connectivity index (χ1v) is 10.4. The Kier molecular flexibility index (Phi) is 4.94. The number of alkyl halides is 3. The molecule has 32 heavy (non-hydrogen) atoms. The summed E-state index contributed by atoms with van der Waals surface area (Å²) in [6, 6.07) is 7.67. The fourth-order valence-electron chi connectivity index (χ4n) is 4.28. The molecule has 0 radical (unpaired) electrons. The monoisotopic (exact) mass is 446 g/mol. The van der Waals surface area contributed by atoms with Gasteiger partial charge in [-0.15, -0.1) is 0 Å². The summed E-state index contributed by atoms with van der Waals surface area (Å²) in [6.07, 6.45) is -3.08. The number of aromatic nitrogens is 3. The van der Waals surface area contributed by atoms with Crippen molar-refractivity contribution < 1.29 is 27.4 Å². The molecule has 5 rings (SSSR count). The predicted octanol–water partition coefficient (Wildman–Crippen LogP) is 3.85. The number of halogens is 3. The molecule has 0 N–H and O–H groups in total. The molecule has 168 valence electrons. The maximum Gasteiger partial charge on any atom is 0.433 e. The van der Waals surface area contributed by atoms with E-state index in [1.807, 2.05) is 0 Å². The highest BCUT2D eigenvalue weighted by Crippen LogP contribution is 2.34. The van der Waals surface area contributed by atoms with Crippen LogP contribution in [-0.4, -0.2) is 51.7 Å². The van der Waals surface area contributed by atoms with Crippen LogP contribution in [0.5, 0.6) is 11.5 Å². The third kappa shape index (κ3) is 3.74. The van der Waals surface area contributed by atoms with Crippen LogP contribution in [-0.2, 0) is 6.18 Å². The lowest BCUT2D eigenvalue weighted by atomic mass is 9.94. The summed E-state index contributed by atoms with van der Waals surface area (Å²) >= 11 is 0. The van der Waals surface area contributed by atoms with Crippen molar-refractivity contribution in [1.82, 2.24) is 19.5 Å². The van der Waals surface area contributed by atoms with Gasteiger partial charge >= 0.3 is 6.18 Å². The summed E-state index contributed by atoms with van der Waals surface area (Å²) in [4.78, 5) is 19.0. The van der Waals surface area contributed by atoms with E-state index in [0.717, 1.165) is 23.4 Å². The molecule has 0 bridgehead atoms. The number of ether oxygens (including phenoxy) is 2. The second kappa shape index (κ2) is 7.68. The summed E-state index contributed by atoms with van der Waals surface area (Å²) in [7, 11) is 0. The molecule has 2 aliphatic rings. The smallest absolute Gasteiger partial charge is 0.433 e. The van der Waals surface area contributed by atoms with E-state index in [4.69, 9.17) is 9.47 Å². The Balaban J connectivity index is 1.40. The molecule has 0 saturated carbocycles. The van der Waals surface area contributed by atoms with E-state index >= 15 is 0 Å². The van der Waals surface area contributed by atoms with Gasteiger partial charge in [0.2, 0.25) is 0 Å². The van der Waals surface area contributed by atoms with Gasteiger partial charge in [-0.3, -0.25) is 4.79 Å². The molecule has 1 aromatic carbocycles. The van der Waals surface area contributed by atoms with E-state index < -0.39 is 11.9 Å². The van der Waals surface area contributed by atoms with Crippen molar-refractivity contribution in [3.05, 3.63) is 53.0 Å². The third-order valence-corrected chi connectivity index (χ3v) is 5.78. The van der Waals surface area contributed by atoms with Crippen LogP contribution in [0.15, 0.2) is 30.3 Å². The van der Waals surface area contributed by atoms with Gasteiger partial charge < -0.3 is 14.4 Å². The number of aryl methyl sites for hydroxylation is 1. The predicted molar refractivity (Wildman–Crippen MR) is 108 cm³/mol. The second-order valence-electron chi connectivity index (χ2n) is 8.07. The average Bonchev–Trinajstić information content (AvgIpc) is 3.21. The van der Waals surface area contributed by atoms with Crippen LogP contribution in [0.2, 0.25) is 0 Å². The number of piperidine rings is 1. The number of fused-ring (bicyclic) bond motifs is 2. The number of hydrogen-bond donors (Lipinski definition) is 0. The topological polar surface area (TPSA) is 69.0 Å². The average molecular weight is 446 g/mol. The van der Waals surface area contributed by atoms with Crippen molar-refractivity contribution in [3.63, 3.8) is 0 Å². The largest absolute Gasteiger partial charge is 0.486 e. The molecule has 0 spiro atoms. The fourth-order valence-corrected chi connectivity index (χ4v) is 4.28. The van der Waals surface area contributed by atoms with Gasteiger partial charge in [-0.05, 0) is 44.0 Å².